The number of aryl methyl sites for hydroxylation is 1. The van der Waals surface area contributed by atoms with Gasteiger partial charge in [-0.2, -0.15) is 4.90 Å². The second-order valence-electron chi connectivity index (χ2n) is 10.3. The Morgan fingerprint density at radius 1 is 0.871 bits per heavy atom. The minimum atomic E-state index is -1.20. The Bertz CT molecular complexity index is 711. The molecule has 31 heavy (non-hydrogen) atoms. The Hall–Kier alpha value is -2.58. The lowest BCUT2D eigenvalue weighted by molar-refractivity contribution is -0.161. The van der Waals surface area contributed by atoms with E-state index in [4.69, 9.17) is 14.2 Å². The lowest BCUT2D eigenvalue weighted by Crippen LogP contribution is -2.53. The number of aromatic nitrogens is 2. The van der Waals surface area contributed by atoms with E-state index in [0.29, 0.717) is 13.0 Å². The molecule has 0 spiro atoms. The first kappa shape index (κ1) is 26.5. The summed E-state index contributed by atoms with van der Waals surface area (Å²) in [7, 11) is 0. The molecule has 0 aliphatic heterocycles. The third kappa shape index (κ3) is 10.3. The van der Waals surface area contributed by atoms with Crippen molar-refractivity contribution in [2.75, 3.05) is 0 Å². The zero-order valence-corrected chi connectivity index (χ0v) is 20.2. The molecular weight excluding hydrogens is 402 g/mol. The normalized spacial score (nSPS) is 13.3. The third-order valence-corrected chi connectivity index (χ3v) is 3.62. The van der Waals surface area contributed by atoms with Crippen LogP contribution in [-0.4, -0.2) is 55.5 Å². The minimum absolute atomic E-state index is 0.172. The fourth-order valence-electron chi connectivity index (χ4n) is 2.56. The van der Waals surface area contributed by atoms with Crippen LogP contribution in [0.3, 0.4) is 0 Å². The maximum absolute atomic E-state index is 13.0. The molecule has 1 rings (SSSR count). The molecule has 9 heteroatoms. The van der Waals surface area contributed by atoms with Gasteiger partial charge in [0.1, 0.15) is 22.8 Å². The number of imidazole rings is 1. The first-order valence-corrected chi connectivity index (χ1v) is 10.4. The quantitative estimate of drug-likeness (QED) is 0.473. The average molecular weight is 440 g/mol. The molecule has 1 aromatic rings. The highest BCUT2D eigenvalue weighted by Gasteiger charge is 2.41. The number of hydrogen-bond acceptors (Lipinski definition) is 7. The van der Waals surface area contributed by atoms with Gasteiger partial charge in [0.05, 0.1) is 6.33 Å². The van der Waals surface area contributed by atoms with Gasteiger partial charge >= 0.3 is 18.2 Å². The summed E-state index contributed by atoms with van der Waals surface area (Å²) in [5.41, 5.74) is -2.54. The minimum Gasteiger partial charge on any atom is -0.458 e. The zero-order valence-electron chi connectivity index (χ0n) is 20.2. The van der Waals surface area contributed by atoms with Crippen molar-refractivity contribution in [1.82, 2.24) is 14.5 Å². The molecule has 0 saturated heterocycles. The highest BCUT2D eigenvalue weighted by molar-refractivity contribution is 5.94. The summed E-state index contributed by atoms with van der Waals surface area (Å²) in [6.45, 7) is 15.8. The average Bonchev–Trinajstić information content (AvgIpc) is 3.01. The Kier molecular flexibility index (Phi) is 8.66. The van der Waals surface area contributed by atoms with Crippen molar-refractivity contribution in [3.8, 4) is 0 Å². The Morgan fingerprint density at radius 3 is 1.74 bits per heavy atom. The molecule has 1 heterocycles. The largest absolute Gasteiger partial charge is 0.458 e. The van der Waals surface area contributed by atoms with E-state index in [9.17, 15) is 14.4 Å². The molecule has 0 fully saturated rings. The molecule has 0 saturated carbocycles. The fraction of sp³-hybridized carbons (Fsp3) is 0.727. The monoisotopic (exact) mass is 439 g/mol. The number of hydrogen-bond donors (Lipinski definition) is 0. The van der Waals surface area contributed by atoms with Crippen LogP contribution >= 0.6 is 0 Å². The van der Waals surface area contributed by atoms with E-state index in [1.807, 2.05) is 4.57 Å². The van der Waals surface area contributed by atoms with Gasteiger partial charge in [0, 0.05) is 18.9 Å². The van der Waals surface area contributed by atoms with Gasteiger partial charge in [-0.15, -0.1) is 0 Å². The van der Waals surface area contributed by atoms with Crippen LogP contribution in [-0.2, 0) is 25.5 Å². The molecule has 0 aliphatic rings. The number of ether oxygens (including phenoxy) is 3. The lowest BCUT2D eigenvalue weighted by Gasteiger charge is -2.33. The predicted molar refractivity (Wildman–Crippen MR) is 115 cm³/mol. The fourth-order valence-corrected chi connectivity index (χ4v) is 2.56. The maximum Gasteiger partial charge on any atom is 0.420 e. The smallest absolute Gasteiger partial charge is 0.420 e. The molecule has 0 unspecified atom stereocenters. The Morgan fingerprint density at radius 2 is 1.35 bits per heavy atom. The summed E-state index contributed by atoms with van der Waals surface area (Å²) in [5, 5.41) is 0. The summed E-state index contributed by atoms with van der Waals surface area (Å²) >= 11 is 0. The molecule has 9 nitrogen and oxygen atoms in total. The van der Waals surface area contributed by atoms with Gasteiger partial charge < -0.3 is 18.8 Å². The number of amides is 2. The van der Waals surface area contributed by atoms with Crippen molar-refractivity contribution >= 4 is 18.2 Å². The SMILES string of the molecule is CC(C)(C)OC(=O)[C@H](CCCn1ccnc1)N(C(=O)OC(C)(C)C)C(=O)OC(C)(C)C. The second-order valence-corrected chi connectivity index (χ2v) is 10.3. The standard InChI is InChI=1S/C22H37N3O6/c1-20(2,3)29-17(26)16(11-10-13-24-14-12-23-15-24)25(18(27)30-21(4,5)6)19(28)31-22(7,8)9/h12,14-16H,10-11,13H2,1-9H3/t16-/m0/s1. The van der Waals surface area contributed by atoms with Crippen molar-refractivity contribution in [2.24, 2.45) is 0 Å². The number of carbonyl (C=O) groups is 3. The summed E-state index contributed by atoms with van der Waals surface area (Å²) < 4.78 is 18.2. The molecule has 1 aromatic heterocycles. The summed E-state index contributed by atoms with van der Waals surface area (Å²) in [6.07, 6.45) is 3.84. The number of esters is 1. The van der Waals surface area contributed by atoms with Crippen molar-refractivity contribution < 1.29 is 28.6 Å². The molecule has 0 bridgehead atoms. The van der Waals surface area contributed by atoms with Gasteiger partial charge in [-0.3, -0.25) is 0 Å². The van der Waals surface area contributed by atoms with Gasteiger partial charge in [-0.25, -0.2) is 19.4 Å². The van der Waals surface area contributed by atoms with Gasteiger partial charge in [0.25, 0.3) is 0 Å². The van der Waals surface area contributed by atoms with E-state index in [-0.39, 0.29) is 6.42 Å². The molecule has 0 aliphatic carbocycles. The van der Waals surface area contributed by atoms with Gasteiger partial charge in [0.15, 0.2) is 0 Å². The van der Waals surface area contributed by atoms with Gasteiger partial charge in [-0.05, 0) is 75.2 Å². The first-order valence-electron chi connectivity index (χ1n) is 10.4. The van der Waals surface area contributed by atoms with Crippen LogP contribution in [0.15, 0.2) is 18.7 Å². The van der Waals surface area contributed by atoms with E-state index >= 15 is 0 Å². The Labute approximate surface area is 185 Å². The molecule has 0 radical (unpaired) electrons. The van der Waals surface area contributed by atoms with Crippen molar-refractivity contribution in [3.05, 3.63) is 18.7 Å². The van der Waals surface area contributed by atoms with Crippen LogP contribution in [0.4, 0.5) is 9.59 Å². The predicted octanol–water partition coefficient (Wildman–Crippen LogP) is 4.55. The van der Waals surface area contributed by atoms with E-state index in [0.717, 1.165) is 4.90 Å². The highest BCUT2D eigenvalue weighted by Crippen LogP contribution is 2.22. The molecular formula is C22H37N3O6. The number of rotatable bonds is 6. The number of imide groups is 1. The number of carbonyl (C=O) groups excluding carboxylic acids is 3. The van der Waals surface area contributed by atoms with E-state index in [2.05, 4.69) is 4.98 Å². The summed E-state index contributed by atoms with van der Waals surface area (Å²) in [4.78, 5) is 43.7. The maximum atomic E-state index is 13.0. The van der Waals surface area contributed by atoms with Crippen molar-refractivity contribution in [3.63, 3.8) is 0 Å². The Balaban J connectivity index is 3.22. The van der Waals surface area contributed by atoms with Crippen LogP contribution in [0.25, 0.3) is 0 Å². The number of nitrogens with zero attached hydrogens (tertiary/aromatic N) is 3. The van der Waals surface area contributed by atoms with E-state index < -0.39 is 41.0 Å². The van der Waals surface area contributed by atoms with Crippen molar-refractivity contribution in [2.45, 2.75) is 105 Å². The lowest BCUT2D eigenvalue weighted by atomic mass is 10.1. The van der Waals surface area contributed by atoms with Crippen LogP contribution < -0.4 is 0 Å². The molecule has 2 amide bonds. The van der Waals surface area contributed by atoms with Crippen molar-refractivity contribution in [1.29, 1.82) is 0 Å². The van der Waals surface area contributed by atoms with Crippen LogP contribution in [0, 0.1) is 0 Å². The molecule has 0 N–H and O–H groups in total. The van der Waals surface area contributed by atoms with Crippen LogP contribution in [0.1, 0.15) is 75.2 Å². The molecule has 1 atom stereocenters. The highest BCUT2D eigenvalue weighted by atomic mass is 16.6. The van der Waals surface area contributed by atoms with E-state index in [1.165, 1.54) is 0 Å². The topological polar surface area (TPSA) is 100.0 Å². The zero-order chi connectivity index (χ0) is 24.0. The summed E-state index contributed by atoms with van der Waals surface area (Å²) in [5.74, 6) is -0.699. The second kappa shape index (κ2) is 10.2. The molecule has 0 aromatic carbocycles. The first-order chi connectivity index (χ1) is 14.0. The van der Waals surface area contributed by atoms with E-state index in [1.54, 1.807) is 81.0 Å². The van der Waals surface area contributed by atoms with Gasteiger partial charge in [-0.1, -0.05) is 0 Å². The van der Waals surface area contributed by atoms with Crippen LogP contribution in [0.2, 0.25) is 0 Å². The molecule has 176 valence electrons. The third-order valence-electron chi connectivity index (χ3n) is 3.62. The summed E-state index contributed by atoms with van der Waals surface area (Å²) in [6, 6.07) is -1.20. The van der Waals surface area contributed by atoms with Crippen LogP contribution in [0.5, 0.6) is 0 Å². The van der Waals surface area contributed by atoms with Gasteiger partial charge in [0.2, 0.25) is 0 Å².